The van der Waals surface area contributed by atoms with Gasteiger partial charge < -0.3 is 26.0 Å². The molecule has 0 fully saturated rings. The summed E-state index contributed by atoms with van der Waals surface area (Å²) in [5.41, 5.74) is 7.37. The molecule has 1 atom stereocenters. The third-order valence-corrected chi connectivity index (χ3v) is 3.57. The van der Waals surface area contributed by atoms with E-state index < -0.39 is 18.0 Å². The van der Waals surface area contributed by atoms with Crippen LogP contribution in [0.25, 0.3) is 10.9 Å². The Morgan fingerprint density at radius 1 is 1.04 bits per heavy atom. The van der Waals surface area contributed by atoms with Gasteiger partial charge in [-0.2, -0.15) is 0 Å². The second kappa shape index (κ2) is 7.98. The van der Waals surface area contributed by atoms with E-state index in [0.717, 1.165) is 16.5 Å². The van der Waals surface area contributed by atoms with E-state index in [-0.39, 0.29) is 11.3 Å². The Hall–Kier alpha value is -3.32. The van der Waals surface area contributed by atoms with Crippen molar-refractivity contribution in [2.75, 3.05) is 0 Å². The number of aromatic nitrogens is 1. The second-order valence-corrected chi connectivity index (χ2v) is 5.33. The Kier molecular flexibility index (Phi) is 5.75. The van der Waals surface area contributed by atoms with E-state index in [2.05, 4.69) is 4.98 Å². The number of carboxylic acid groups (broad SMARTS) is 2. The van der Waals surface area contributed by atoms with E-state index >= 15 is 0 Å². The van der Waals surface area contributed by atoms with Crippen LogP contribution in [0.5, 0.6) is 5.75 Å². The normalized spacial score (nSPS) is 11.4. The Morgan fingerprint density at radius 3 is 2.28 bits per heavy atom. The smallest absolute Gasteiger partial charge is 0.339 e. The van der Waals surface area contributed by atoms with E-state index in [1.54, 1.807) is 12.1 Å². The van der Waals surface area contributed by atoms with Crippen LogP contribution in [0.2, 0.25) is 0 Å². The van der Waals surface area contributed by atoms with E-state index in [1.165, 1.54) is 12.1 Å². The minimum Gasteiger partial charge on any atom is -0.507 e. The molecule has 7 nitrogen and oxygen atoms in total. The zero-order valence-electron chi connectivity index (χ0n) is 13.2. The Bertz CT molecular complexity index is 888. The molecule has 0 bridgehead atoms. The molecule has 1 aromatic heterocycles. The number of benzene rings is 2. The summed E-state index contributed by atoms with van der Waals surface area (Å²) in [6.07, 6.45) is 2.16. The van der Waals surface area contributed by atoms with E-state index in [0.29, 0.717) is 6.42 Å². The standard InChI is InChI=1S/C11H12N2O2.C7H6O3/c12-9(11(14)15)5-7-6-13-10-4-2-1-3-8(7)10;8-6-4-2-1-3-5(6)7(9)10/h1-4,6,9,13H,5,12H2,(H,14,15);1-4,8H,(H,9,10). The number of carbonyl (C=O) groups is 2. The third-order valence-electron chi connectivity index (χ3n) is 3.57. The van der Waals surface area contributed by atoms with Crippen LogP contribution in [0.15, 0.2) is 54.7 Å². The van der Waals surface area contributed by atoms with Gasteiger partial charge in [0.1, 0.15) is 17.4 Å². The molecule has 2 aromatic carbocycles. The SMILES string of the molecule is NC(Cc1c[nH]c2ccccc12)C(=O)O.O=C(O)c1ccccc1O. The summed E-state index contributed by atoms with van der Waals surface area (Å²) in [7, 11) is 0. The first-order chi connectivity index (χ1) is 11.9. The highest BCUT2D eigenvalue weighted by atomic mass is 16.4. The molecular formula is C18H18N2O5. The maximum Gasteiger partial charge on any atom is 0.339 e. The molecule has 6 N–H and O–H groups in total. The summed E-state index contributed by atoms with van der Waals surface area (Å²) in [5, 5.41) is 27.1. The average molecular weight is 342 g/mol. The van der Waals surface area contributed by atoms with Crippen LogP contribution in [0.3, 0.4) is 0 Å². The molecule has 1 heterocycles. The zero-order chi connectivity index (χ0) is 18.4. The van der Waals surface area contributed by atoms with Gasteiger partial charge in [-0.1, -0.05) is 30.3 Å². The summed E-state index contributed by atoms with van der Waals surface area (Å²) in [6.45, 7) is 0. The van der Waals surface area contributed by atoms with E-state index in [1.807, 2.05) is 30.5 Å². The predicted octanol–water partition coefficient (Wildman–Crippen LogP) is 2.21. The number of H-pyrrole nitrogens is 1. The molecule has 0 saturated carbocycles. The van der Waals surface area contributed by atoms with Gasteiger partial charge in [0.2, 0.25) is 0 Å². The first-order valence-corrected chi connectivity index (χ1v) is 7.44. The summed E-state index contributed by atoms with van der Waals surface area (Å²) in [6, 6.07) is 12.7. The van der Waals surface area contributed by atoms with E-state index in [4.69, 9.17) is 21.1 Å². The number of aromatic carboxylic acids is 1. The third kappa shape index (κ3) is 4.58. The van der Waals surface area contributed by atoms with Crippen molar-refractivity contribution in [3.63, 3.8) is 0 Å². The molecule has 1 unspecified atom stereocenters. The minimum atomic E-state index is -1.11. The van der Waals surface area contributed by atoms with Gasteiger partial charge in [0.15, 0.2) is 0 Å². The number of fused-ring (bicyclic) bond motifs is 1. The van der Waals surface area contributed by atoms with Gasteiger partial charge in [0, 0.05) is 23.5 Å². The number of nitrogens with two attached hydrogens (primary N) is 1. The lowest BCUT2D eigenvalue weighted by atomic mass is 10.1. The molecule has 0 aliphatic heterocycles. The molecule has 25 heavy (non-hydrogen) atoms. The van der Waals surface area contributed by atoms with Crippen LogP contribution in [-0.4, -0.2) is 38.3 Å². The average Bonchev–Trinajstić information content (AvgIpc) is 2.99. The fourth-order valence-corrected chi connectivity index (χ4v) is 2.28. The number of aromatic hydroxyl groups is 1. The number of phenols is 1. The number of carboxylic acids is 2. The quantitative estimate of drug-likeness (QED) is 0.493. The largest absolute Gasteiger partial charge is 0.507 e. The summed E-state index contributed by atoms with van der Waals surface area (Å²) in [5.74, 6) is -2.28. The highest BCUT2D eigenvalue weighted by molar-refractivity contribution is 5.90. The lowest BCUT2D eigenvalue weighted by molar-refractivity contribution is -0.138. The summed E-state index contributed by atoms with van der Waals surface area (Å²) in [4.78, 5) is 24.0. The second-order valence-electron chi connectivity index (χ2n) is 5.33. The highest BCUT2D eigenvalue weighted by Crippen LogP contribution is 2.18. The van der Waals surface area contributed by atoms with Crippen molar-refractivity contribution in [2.45, 2.75) is 12.5 Å². The molecule has 0 aliphatic rings. The lowest BCUT2D eigenvalue weighted by Gasteiger charge is -2.04. The number of aromatic amines is 1. The fourth-order valence-electron chi connectivity index (χ4n) is 2.28. The van der Waals surface area contributed by atoms with Gasteiger partial charge in [-0.15, -0.1) is 0 Å². The van der Waals surface area contributed by atoms with E-state index in [9.17, 15) is 9.59 Å². The van der Waals surface area contributed by atoms with Crippen molar-refractivity contribution in [3.8, 4) is 5.75 Å². The predicted molar refractivity (Wildman–Crippen MR) is 92.7 cm³/mol. The molecule has 0 radical (unpaired) electrons. The van der Waals surface area contributed by atoms with Gasteiger partial charge in [-0.3, -0.25) is 4.79 Å². The van der Waals surface area contributed by atoms with Gasteiger partial charge in [-0.05, 0) is 23.8 Å². The summed E-state index contributed by atoms with van der Waals surface area (Å²) >= 11 is 0. The molecule has 0 saturated heterocycles. The van der Waals surface area contributed by atoms with Gasteiger partial charge >= 0.3 is 11.9 Å². The molecule has 130 valence electrons. The van der Waals surface area contributed by atoms with Crippen LogP contribution in [0, 0.1) is 0 Å². The first kappa shape index (κ1) is 18.0. The van der Waals surface area contributed by atoms with Crippen LogP contribution in [0.4, 0.5) is 0 Å². The van der Waals surface area contributed by atoms with Crippen LogP contribution >= 0.6 is 0 Å². The number of para-hydroxylation sites is 2. The number of hydrogen-bond acceptors (Lipinski definition) is 4. The zero-order valence-corrected chi connectivity index (χ0v) is 13.2. The topological polar surface area (TPSA) is 137 Å². The van der Waals surface area contributed by atoms with Crippen molar-refractivity contribution in [2.24, 2.45) is 5.73 Å². The number of hydrogen-bond donors (Lipinski definition) is 5. The molecule has 0 amide bonds. The Morgan fingerprint density at radius 2 is 1.68 bits per heavy atom. The fraction of sp³-hybridized carbons (Fsp3) is 0.111. The van der Waals surface area contributed by atoms with Crippen LogP contribution < -0.4 is 5.73 Å². The monoisotopic (exact) mass is 342 g/mol. The molecule has 3 rings (SSSR count). The molecule has 7 heteroatoms. The molecular weight excluding hydrogens is 324 g/mol. The van der Waals surface area contributed by atoms with Crippen molar-refractivity contribution in [3.05, 3.63) is 65.9 Å². The Balaban J connectivity index is 0.000000196. The number of aliphatic carboxylic acids is 1. The molecule has 0 aliphatic carbocycles. The van der Waals surface area contributed by atoms with Crippen molar-refractivity contribution < 1.29 is 24.9 Å². The first-order valence-electron chi connectivity index (χ1n) is 7.44. The van der Waals surface area contributed by atoms with Gasteiger partial charge in [0.25, 0.3) is 0 Å². The number of rotatable bonds is 4. The Labute approximate surface area is 143 Å². The maximum atomic E-state index is 10.6. The van der Waals surface area contributed by atoms with Crippen LogP contribution in [0.1, 0.15) is 15.9 Å². The van der Waals surface area contributed by atoms with Crippen molar-refractivity contribution in [1.82, 2.24) is 4.98 Å². The molecule has 0 spiro atoms. The van der Waals surface area contributed by atoms with Crippen LogP contribution in [-0.2, 0) is 11.2 Å². The van der Waals surface area contributed by atoms with Gasteiger partial charge in [0.05, 0.1) is 0 Å². The van der Waals surface area contributed by atoms with Crippen molar-refractivity contribution in [1.29, 1.82) is 0 Å². The maximum absolute atomic E-state index is 10.6. The highest BCUT2D eigenvalue weighted by Gasteiger charge is 2.14. The van der Waals surface area contributed by atoms with Gasteiger partial charge in [-0.25, -0.2) is 4.79 Å². The minimum absolute atomic E-state index is 0.0671. The number of nitrogens with one attached hydrogen (secondary N) is 1. The summed E-state index contributed by atoms with van der Waals surface area (Å²) < 4.78 is 0. The van der Waals surface area contributed by atoms with Crippen molar-refractivity contribution >= 4 is 22.8 Å². The molecule has 3 aromatic rings. The lowest BCUT2D eigenvalue weighted by Crippen LogP contribution is -2.32.